The summed E-state index contributed by atoms with van der Waals surface area (Å²) in [5.74, 6) is 0.385. The monoisotopic (exact) mass is 505 g/mol. The van der Waals surface area contributed by atoms with Gasteiger partial charge in [-0.2, -0.15) is 0 Å². The van der Waals surface area contributed by atoms with E-state index < -0.39 is 10.0 Å². The molecule has 34 heavy (non-hydrogen) atoms. The van der Waals surface area contributed by atoms with Gasteiger partial charge in [-0.05, 0) is 61.7 Å². The Bertz CT molecular complexity index is 1090. The van der Waals surface area contributed by atoms with E-state index in [0.29, 0.717) is 23.9 Å². The van der Waals surface area contributed by atoms with Gasteiger partial charge in [-0.25, -0.2) is 13.1 Å². The highest BCUT2D eigenvalue weighted by molar-refractivity contribution is 7.89. The highest BCUT2D eigenvalue weighted by atomic mass is 35.5. The van der Waals surface area contributed by atoms with Crippen LogP contribution < -0.4 is 14.4 Å². The van der Waals surface area contributed by atoms with Crippen LogP contribution in [-0.2, 0) is 14.8 Å². The molecule has 0 spiro atoms. The number of benzene rings is 2. The van der Waals surface area contributed by atoms with Crippen molar-refractivity contribution in [3.05, 3.63) is 53.1 Å². The van der Waals surface area contributed by atoms with E-state index in [1.807, 2.05) is 18.2 Å². The molecule has 1 heterocycles. The van der Waals surface area contributed by atoms with E-state index in [1.54, 1.807) is 17.0 Å². The number of aryl methyl sites for hydroxylation is 1. The Kier molecular flexibility index (Phi) is 8.01. The average molecular weight is 506 g/mol. The van der Waals surface area contributed by atoms with Crippen molar-refractivity contribution in [1.29, 1.82) is 0 Å². The van der Waals surface area contributed by atoms with Crippen LogP contribution in [0, 0.1) is 6.92 Å². The van der Waals surface area contributed by atoms with E-state index in [4.69, 9.17) is 16.3 Å². The van der Waals surface area contributed by atoms with Crippen LogP contribution in [0.2, 0.25) is 5.02 Å². The maximum atomic E-state index is 12.6. The first kappa shape index (κ1) is 24.8. The molecule has 2 aliphatic rings. The second kappa shape index (κ2) is 11.0. The van der Waals surface area contributed by atoms with Crippen molar-refractivity contribution in [2.24, 2.45) is 0 Å². The van der Waals surface area contributed by atoms with Crippen molar-refractivity contribution in [3.63, 3.8) is 0 Å². The normalized spacial score (nSPS) is 17.6. The molecule has 1 aliphatic heterocycles. The number of ether oxygens (including phenoxy) is 1. The smallest absolute Gasteiger partial charge is 0.260 e. The Balaban J connectivity index is 1.26. The van der Waals surface area contributed by atoms with E-state index in [0.717, 1.165) is 50.0 Å². The van der Waals surface area contributed by atoms with Crippen LogP contribution >= 0.6 is 11.6 Å². The lowest BCUT2D eigenvalue weighted by Gasteiger charge is -2.36. The van der Waals surface area contributed by atoms with Crippen LogP contribution in [0.25, 0.3) is 0 Å². The summed E-state index contributed by atoms with van der Waals surface area (Å²) in [5, 5.41) is 0.705. The molecule has 184 valence electrons. The van der Waals surface area contributed by atoms with Gasteiger partial charge in [0.15, 0.2) is 6.61 Å². The number of hydrogen-bond acceptors (Lipinski definition) is 5. The average Bonchev–Trinajstić information content (AvgIpc) is 2.85. The van der Waals surface area contributed by atoms with Gasteiger partial charge in [0.25, 0.3) is 5.91 Å². The SMILES string of the molecule is Cc1ccc(Cl)cc1N1CCN(C(=O)COc2ccc(S(=O)(=O)NC3CCCCC3)cc2)CC1. The number of carbonyl (C=O) groups is 1. The van der Waals surface area contributed by atoms with Gasteiger partial charge in [0.05, 0.1) is 4.90 Å². The summed E-state index contributed by atoms with van der Waals surface area (Å²) in [6, 6.07) is 12.1. The molecule has 0 radical (unpaired) electrons. The van der Waals surface area contributed by atoms with Crippen molar-refractivity contribution in [2.75, 3.05) is 37.7 Å². The fraction of sp³-hybridized carbons (Fsp3) is 0.480. The fourth-order valence-electron chi connectivity index (χ4n) is 4.58. The van der Waals surface area contributed by atoms with Crippen molar-refractivity contribution in [1.82, 2.24) is 9.62 Å². The molecule has 1 saturated carbocycles. The van der Waals surface area contributed by atoms with E-state index in [2.05, 4.69) is 16.5 Å². The minimum Gasteiger partial charge on any atom is -0.484 e. The number of halogens is 1. The van der Waals surface area contributed by atoms with E-state index in [1.165, 1.54) is 18.6 Å². The Morgan fingerprint density at radius 2 is 1.71 bits per heavy atom. The number of anilines is 1. The molecule has 2 aromatic carbocycles. The molecule has 1 amide bonds. The molecular formula is C25H32ClN3O4S. The highest BCUT2D eigenvalue weighted by Gasteiger charge is 2.24. The molecule has 9 heteroatoms. The zero-order chi connectivity index (χ0) is 24.1. The minimum atomic E-state index is -3.55. The first-order valence-electron chi connectivity index (χ1n) is 11.9. The number of carbonyl (C=O) groups excluding carboxylic acids is 1. The van der Waals surface area contributed by atoms with Crippen molar-refractivity contribution >= 4 is 33.2 Å². The topological polar surface area (TPSA) is 79.0 Å². The van der Waals surface area contributed by atoms with Gasteiger partial charge in [0, 0.05) is 42.9 Å². The van der Waals surface area contributed by atoms with Crippen LogP contribution in [0.3, 0.4) is 0 Å². The number of nitrogens with zero attached hydrogens (tertiary/aromatic N) is 2. The van der Waals surface area contributed by atoms with Gasteiger partial charge in [-0.15, -0.1) is 0 Å². The number of piperazine rings is 1. The first-order valence-corrected chi connectivity index (χ1v) is 13.7. The Morgan fingerprint density at radius 3 is 2.38 bits per heavy atom. The van der Waals surface area contributed by atoms with Gasteiger partial charge in [0.1, 0.15) is 5.75 Å². The molecule has 0 aromatic heterocycles. The molecule has 0 bridgehead atoms. The Morgan fingerprint density at radius 1 is 1.03 bits per heavy atom. The molecule has 2 fully saturated rings. The van der Waals surface area contributed by atoms with E-state index >= 15 is 0 Å². The quantitative estimate of drug-likeness (QED) is 0.615. The van der Waals surface area contributed by atoms with Gasteiger partial charge < -0.3 is 14.5 Å². The number of rotatable bonds is 7. The molecule has 0 atom stereocenters. The summed E-state index contributed by atoms with van der Waals surface area (Å²) >= 11 is 6.15. The van der Waals surface area contributed by atoms with Crippen LogP contribution in [0.1, 0.15) is 37.7 Å². The first-order chi connectivity index (χ1) is 16.3. The van der Waals surface area contributed by atoms with Crippen molar-refractivity contribution in [2.45, 2.75) is 50.0 Å². The second-order valence-electron chi connectivity index (χ2n) is 9.01. The summed E-state index contributed by atoms with van der Waals surface area (Å²) in [4.78, 5) is 16.9. The molecule has 2 aromatic rings. The largest absolute Gasteiger partial charge is 0.484 e. The molecule has 7 nitrogen and oxygen atoms in total. The van der Waals surface area contributed by atoms with Gasteiger partial charge in [0.2, 0.25) is 10.0 Å². The van der Waals surface area contributed by atoms with Crippen molar-refractivity contribution < 1.29 is 17.9 Å². The third kappa shape index (κ3) is 6.23. The van der Waals surface area contributed by atoms with Crippen LogP contribution in [0.5, 0.6) is 5.75 Å². The van der Waals surface area contributed by atoms with Gasteiger partial charge in [-0.1, -0.05) is 36.9 Å². The second-order valence-corrected chi connectivity index (χ2v) is 11.2. The summed E-state index contributed by atoms with van der Waals surface area (Å²) < 4.78 is 33.7. The minimum absolute atomic E-state index is 0.00978. The van der Waals surface area contributed by atoms with Crippen LogP contribution in [-0.4, -0.2) is 58.1 Å². The number of amides is 1. The predicted octanol–water partition coefficient (Wildman–Crippen LogP) is 3.99. The fourth-order valence-corrected chi connectivity index (χ4v) is 6.05. The number of hydrogen-bond donors (Lipinski definition) is 1. The third-order valence-corrected chi connectivity index (χ3v) is 8.34. The van der Waals surface area contributed by atoms with Gasteiger partial charge in [-0.3, -0.25) is 4.79 Å². The molecule has 1 aliphatic carbocycles. The lowest BCUT2D eigenvalue weighted by molar-refractivity contribution is -0.133. The predicted molar refractivity (Wildman–Crippen MR) is 134 cm³/mol. The summed E-state index contributed by atoms with van der Waals surface area (Å²) in [6.07, 6.45) is 5.05. The van der Waals surface area contributed by atoms with E-state index in [-0.39, 0.29) is 23.5 Å². The maximum Gasteiger partial charge on any atom is 0.260 e. The highest BCUT2D eigenvalue weighted by Crippen LogP contribution is 2.25. The Labute approximate surface area is 207 Å². The van der Waals surface area contributed by atoms with Gasteiger partial charge >= 0.3 is 0 Å². The zero-order valence-corrected chi connectivity index (χ0v) is 21.1. The molecular weight excluding hydrogens is 474 g/mol. The van der Waals surface area contributed by atoms with E-state index in [9.17, 15) is 13.2 Å². The summed E-state index contributed by atoms with van der Waals surface area (Å²) in [6.45, 7) is 4.65. The maximum absolute atomic E-state index is 12.6. The van der Waals surface area contributed by atoms with Crippen LogP contribution in [0.15, 0.2) is 47.4 Å². The molecule has 1 saturated heterocycles. The Hall–Kier alpha value is -2.29. The molecule has 0 unspecified atom stereocenters. The lowest BCUT2D eigenvalue weighted by atomic mass is 9.96. The number of sulfonamides is 1. The third-order valence-electron chi connectivity index (χ3n) is 6.57. The standard InChI is InChI=1S/C25H32ClN3O4S/c1-19-7-8-20(26)17-24(19)28-13-15-29(16-14-28)25(30)18-33-22-9-11-23(12-10-22)34(31,32)27-21-5-3-2-4-6-21/h7-12,17,21,27H,2-6,13-16,18H2,1H3. The lowest BCUT2D eigenvalue weighted by Crippen LogP contribution is -2.50. The summed E-state index contributed by atoms with van der Waals surface area (Å²) in [7, 11) is -3.55. The zero-order valence-electron chi connectivity index (χ0n) is 19.5. The number of nitrogens with one attached hydrogen (secondary N) is 1. The molecule has 4 rings (SSSR count). The summed E-state index contributed by atoms with van der Waals surface area (Å²) in [5.41, 5.74) is 2.26. The van der Waals surface area contributed by atoms with Crippen molar-refractivity contribution in [3.8, 4) is 5.75 Å². The van der Waals surface area contributed by atoms with Crippen LogP contribution in [0.4, 0.5) is 5.69 Å². The molecule has 1 N–H and O–H groups in total.